The van der Waals surface area contributed by atoms with Gasteiger partial charge in [-0.2, -0.15) is 0 Å². The quantitative estimate of drug-likeness (QED) is 0.788. The van der Waals surface area contributed by atoms with Gasteiger partial charge >= 0.3 is 0 Å². The Labute approximate surface area is 109 Å². The molecule has 0 saturated heterocycles. The van der Waals surface area contributed by atoms with E-state index in [0.717, 1.165) is 23.3 Å². The van der Waals surface area contributed by atoms with Gasteiger partial charge in [-0.15, -0.1) is 0 Å². The highest BCUT2D eigenvalue weighted by Crippen LogP contribution is 2.28. The second-order valence-electron chi connectivity index (χ2n) is 4.95. The standard InChI is InChI=1S/C15H23NO2/c1-10(2)13-9-12(5-6-14(13)18-4)15(17)11(3)7-8-16/h5-6,9-11H,7-8,16H2,1-4H3. The maximum Gasteiger partial charge on any atom is 0.165 e. The Morgan fingerprint density at radius 2 is 2.00 bits per heavy atom. The average molecular weight is 249 g/mol. The molecule has 0 aromatic heterocycles. The molecule has 3 nitrogen and oxygen atoms in total. The van der Waals surface area contributed by atoms with Gasteiger partial charge in [0.05, 0.1) is 7.11 Å². The highest BCUT2D eigenvalue weighted by molar-refractivity contribution is 5.98. The summed E-state index contributed by atoms with van der Waals surface area (Å²) in [5.74, 6) is 1.30. The lowest BCUT2D eigenvalue weighted by Gasteiger charge is -2.15. The van der Waals surface area contributed by atoms with Gasteiger partial charge in [0.25, 0.3) is 0 Å². The van der Waals surface area contributed by atoms with E-state index < -0.39 is 0 Å². The summed E-state index contributed by atoms with van der Waals surface area (Å²) in [6.07, 6.45) is 0.724. The van der Waals surface area contributed by atoms with Crippen LogP contribution in [0.15, 0.2) is 18.2 Å². The summed E-state index contributed by atoms with van der Waals surface area (Å²) in [7, 11) is 1.65. The van der Waals surface area contributed by atoms with Gasteiger partial charge in [0, 0.05) is 11.5 Å². The van der Waals surface area contributed by atoms with Crippen molar-refractivity contribution in [3.8, 4) is 5.75 Å². The highest BCUT2D eigenvalue weighted by atomic mass is 16.5. The topological polar surface area (TPSA) is 52.3 Å². The van der Waals surface area contributed by atoms with Crippen molar-refractivity contribution in [2.45, 2.75) is 33.1 Å². The second-order valence-corrected chi connectivity index (χ2v) is 4.95. The molecule has 3 heteroatoms. The largest absolute Gasteiger partial charge is 0.496 e. The Morgan fingerprint density at radius 1 is 1.33 bits per heavy atom. The van der Waals surface area contributed by atoms with Crippen molar-refractivity contribution in [3.63, 3.8) is 0 Å². The first-order valence-corrected chi connectivity index (χ1v) is 6.43. The predicted molar refractivity (Wildman–Crippen MR) is 74.2 cm³/mol. The summed E-state index contributed by atoms with van der Waals surface area (Å²) in [5.41, 5.74) is 7.32. The number of nitrogens with two attached hydrogens (primary N) is 1. The van der Waals surface area contributed by atoms with Crippen LogP contribution in [0, 0.1) is 5.92 Å². The lowest BCUT2D eigenvalue weighted by molar-refractivity contribution is 0.0925. The predicted octanol–water partition coefficient (Wildman–Crippen LogP) is 2.99. The molecule has 1 unspecified atom stereocenters. The first-order chi connectivity index (χ1) is 8.51. The molecular weight excluding hydrogens is 226 g/mol. The number of carbonyl (C=O) groups is 1. The molecule has 1 aromatic carbocycles. The van der Waals surface area contributed by atoms with Crippen molar-refractivity contribution < 1.29 is 9.53 Å². The van der Waals surface area contributed by atoms with E-state index in [1.165, 1.54) is 0 Å². The van der Waals surface area contributed by atoms with Gasteiger partial charge in [0.15, 0.2) is 5.78 Å². The summed E-state index contributed by atoms with van der Waals surface area (Å²) in [4.78, 5) is 12.2. The van der Waals surface area contributed by atoms with Crippen LogP contribution in [-0.4, -0.2) is 19.4 Å². The molecule has 0 bridgehead atoms. The summed E-state index contributed by atoms with van der Waals surface area (Å²) >= 11 is 0. The van der Waals surface area contributed by atoms with Crippen LogP contribution in [0.2, 0.25) is 0 Å². The molecule has 18 heavy (non-hydrogen) atoms. The zero-order valence-corrected chi connectivity index (χ0v) is 11.7. The average Bonchev–Trinajstić information content (AvgIpc) is 2.37. The van der Waals surface area contributed by atoms with Crippen LogP contribution in [0.25, 0.3) is 0 Å². The van der Waals surface area contributed by atoms with Gasteiger partial charge < -0.3 is 10.5 Å². The van der Waals surface area contributed by atoms with E-state index >= 15 is 0 Å². The van der Waals surface area contributed by atoms with E-state index in [1.807, 2.05) is 25.1 Å². The second kappa shape index (κ2) is 6.55. The minimum Gasteiger partial charge on any atom is -0.496 e. The van der Waals surface area contributed by atoms with E-state index in [0.29, 0.717) is 12.5 Å². The van der Waals surface area contributed by atoms with Crippen molar-refractivity contribution in [1.29, 1.82) is 0 Å². The fraction of sp³-hybridized carbons (Fsp3) is 0.533. The van der Waals surface area contributed by atoms with Crippen LogP contribution in [0.3, 0.4) is 0 Å². The lowest BCUT2D eigenvalue weighted by Crippen LogP contribution is -2.16. The maximum atomic E-state index is 12.2. The first-order valence-electron chi connectivity index (χ1n) is 6.43. The highest BCUT2D eigenvalue weighted by Gasteiger charge is 2.17. The number of methoxy groups -OCH3 is 1. The van der Waals surface area contributed by atoms with E-state index in [4.69, 9.17) is 10.5 Å². The summed E-state index contributed by atoms with van der Waals surface area (Å²) in [6, 6.07) is 5.65. The molecule has 0 aliphatic heterocycles. The molecule has 2 N–H and O–H groups in total. The van der Waals surface area contributed by atoms with Crippen molar-refractivity contribution in [1.82, 2.24) is 0 Å². The first kappa shape index (κ1) is 14.7. The van der Waals surface area contributed by atoms with Crippen molar-refractivity contribution in [2.24, 2.45) is 11.7 Å². The van der Waals surface area contributed by atoms with Gasteiger partial charge in [-0.1, -0.05) is 20.8 Å². The molecule has 0 aliphatic rings. The van der Waals surface area contributed by atoms with Gasteiger partial charge in [-0.05, 0) is 42.6 Å². The third kappa shape index (κ3) is 3.33. The summed E-state index contributed by atoms with van der Waals surface area (Å²) in [6.45, 7) is 6.65. The Hall–Kier alpha value is -1.35. The number of benzene rings is 1. The van der Waals surface area contributed by atoms with Gasteiger partial charge in [-0.3, -0.25) is 4.79 Å². The van der Waals surface area contributed by atoms with Crippen LogP contribution < -0.4 is 10.5 Å². The Balaban J connectivity index is 3.04. The zero-order chi connectivity index (χ0) is 13.7. The third-order valence-corrected chi connectivity index (χ3v) is 3.18. The number of hydrogen-bond donors (Lipinski definition) is 1. The van der Waals surface area contributed by atoms with E-state index in [1.54, 1.807) is 7.11 Å². The molecule has 1 atom stereocenters. The molecule has 0 fully saturated rings. The Bertz CT molecular complexity index is 413. The van der Waals surface area contributed by atoms with Crippen molar-refractivity contribution in [3.05, 3.63) is 29.3 Å². The van der Waals surface area contributed by atoms with E-state index in [-0.39, 0.29) is 11.7 Å². The fourth-order valence-electron chi connectivity index (χ4n) is 2.00. The van der Waals surface area contributed by atoms with Crippen molar-refractivity contribution >= 4 is 5.78 Å². The number of rotatable bonds is 6. The normalized spacial score (nSPS) is 12.6. The monoisotopic (exact) mass is 249 g/mol. The molecule has 1 rings (SSSR count). The number of Topliss-reactive ketones (excluding diaryl/α,β-unsaturated/α-hetero) is 1. The molecule has 0 spiro atoms. The maximum absolute atomic E-state index is 12.2. The smallest absolute Gasteiger partial charge is 0.165 e. The van der Waals surface area contributed by atoms with Crippen LogP contribution in [-0.2, 0) is 0 Å². The number of hydrogen-bond acceptors (Lipinski definition) is 3. The molecule has 0 heterocycles. The Kier molecular flexibility index (Phi) is 5.35. The molecule has 100 valence electrons. The molecule has 1 aromatic rings. The minimum absolute atomic E-state index is 0.0246. The van der Waals surface area contributed by atoms with Crippen molar-refractivity contribution in [2.75, 3.05) is 13.7 Å². The number of ether oxygens (including phenoxy) is 1. The zero-order valence-electron chi connectivity index (χ0n) is 11.7. The lowest BCUT2D eigenvalue weighted by atomic mass is 9.92. The van der Waals surface area contributed by atoms with Gasteiger partial charge in [0.2, 0.25) is 0 Å². The van der Waals surface area contributed by atoms with E-state index in [2.05, 4.69) is 13.8 Å². The molecule has 0 amide bonds. The molecular formula is C15H23NO2. The van der Waals surface area contributed by atoms with Crippen LogP contribution in [0.5, 0.6) is 5.75 Å². The fourth-order valence-corrected chi connectivity index (χ4v) is 2.00. The molecule has 0 saturated carbocycles. The van der Waals surface area contributed by atoms with Gasteiger partial charge in [-0.25, -0.2) is 0 Å². The summed E-state index contributed by atoms with van der Waals surface area (Å²) in [5, 5.41) is 0. The van der Waals surface area contributed by atoms with Crippen LogP contribution >= 0.6 is 0 Å². The van der Waals surface area contributed by atoms with Crippen LogP contribution in [0.1, 0.15) is 49.0 Å². The molecule has 0 aliphatic carbocycles. The SMILES string of the molecule is COc1ccc(C(=O)C(C)CCN)cc1C(C)C. The summed E-state index contributed by atoms with van der Waals surface area (Å²) < 4.78 is 5.32. The Morgan fingerprint density at radius 3 is 2.50 bits per heavy atom. The third-order valence-electron chi connectivity index (χ3n) is 3.18. The number of carbonyl (C=O) groups excluding carboxylic acids is 1. The van der Waals surface area contributed by atoms with Crippen LogP contribution in [0.4, 0.5) is 0 Å². The number of ketones is 1. The van der Waals surface area contributed by atoms with E-state index in [9.17, 15) is 4.79 Å². The minimum atomic E-state index is -0.0246. The molecule has 0 radical (unpaired) electrons. The van der Waals surface area contributed by atoms with Gasteiger partial charge in [0.1, 0.15) is 5.75 Å².